The number of hydrogen-bond acceptors (Lipinski definition) is 2. The maximum Gasteiger partial charge on any atom is 0.263 e. The van der Waals surface area contributed by atoms with E-state index in [1.165, 1.54) is 30.6 Å². The summed E-state index contributed by atoms with van der Waals surface area (Å²) in [4.78, 5) is 12.5. The SMILES string of the molecule is O=C(NC1CCCCC1)c1sccc1Cl. The van der Waals surface area contributed by atoms with Crippen molar-refractivity contribution in [3.05, 3.63) is 21.3 Å². The summed E-state index contributed by atoms with van der Waals surface area (Å²) < 4.78 is 0. The molecule has 1 amide bonds. The Morgan fingerprint density at radius 2 is 2.13 bits per heavy atom. The normalized spacial score (nSPS) is 17.7. The van der Waals surface area contributed by atoms with Gasteiger partial charge in [-0.05, 0) is 24.3 Å². The van der Waals surface area contributed by atoms with Gasteiger partial charge >= 0.3 is 0 Å². The van der Waals surface area contributed by atoms with Gasteiger partial charge in [0.1, 0.15) is 4.88 Å². The van der Waals surface area contributed by atoms with Crippen LogP contribution >= 0.6 is 22.9 Å². The molecule has 2 rings (SSSR count). The minimum Gasteiger partial charge on any atom is -0.349 e. The largest absolute Gasteiger partial charge is 0.349 e. The van der Waals surface area contributed by atoms with Crippen LogP contribution in [0.15, 0.2) is 11.4 Å². The summed E-state index contributed by atoms with van der Waals surface area (Å²) >= 11 is 7.30. The van der Waals surface area contributed by atoms with Crippen molar-refractivity contribution in [3.63, 3.8) is 0 Å². The molecule has 4 heteroatoms. The fraction of sp³-hybridized carbons (Fsp3) is 0.545. The molecule has 1 heterocycles. The second-order valence-corrected chi connectivity index (χ2v) is 5.23. The van der Waals surface area contributed by atoms with Crippen LogP contribution < -0.4 is 5.32 Å². The summed E-state index contributed by atoms with van der Waals surface area (Å²) in [5.74, 6) is -0.0121. The van der Waals surface area contributed by atoms with Gasteiger partial charge in [-0.1, -0.05) is 30.9 Å². The minimum atomic E-state index is -0.0121. The van der Waals surface area contributed by atoms with Crippen molar-refractivity contribution < 1.29 is 4.79 Å². The zero-order valence-electron chi connectivity index (χ0n) is 8.46. The molecule has 1 aromatic heterocycles. The Bertz CT molecular complexity index is 344. The fourth-order valence-electron chi connectivity index (χ4n) is 1.95. The van der Waals surface area contributed by atoms with E-state index in [1.807, 2.05) is 5.38 Å². The standard InChI is InChI=1S/C11H14ClNOS/c12-9-6-7-15-10(9)11(14)13-8-4-2-1-3-5-8/h6-8H,1-5H2,(H,13,14). The van der Waals surface area contributed by atoms with E-state index in [0.717, 1.165) is 12.8 Å². The Morgan fingerprint density at radius 3 is 2.73 bits per heavy atom. The average molecular weight is 244 g/mol. The third-order valence-corrected chi connectivity index (χ3v) is 4.10. The van der Waals surface area contributed by atoms with Gasteiger partial charge < -0.3 is 5.32 Å². The summed E-state index contributed by atoms with van der Waals surface area (Å²) in [6.07, 6.45) is 5.96. The molecule has 1 saturated carbocycles. The molecule has 15 heavy (non-hydrogen) atoms. The predicted octanol–water partition coefficient (Wildman–Crippen LogP) is 3.46. The minimum absolute atomic E-state index is 0.0121. The maximum atomic E-state index is 11.8. The number of amides is 1. The third kappa shape index (κ3) is 2.73. The summed E-state index contributed by atoms with van der Waals surface area (Å²) in [7, 11) is 0. The molecule has 82 valence electrons. The van der Waals surface area contributed by atoms with E-state index in [0.29, 0.717) is 15.9 Å². The number of thiophene rings is 1. The molecule has 1 N–H and O–H groups in total. The predicted molar refractivity (Wildman–Crippen MR) is 63.7 cm³/mol. The zero-order chi connectivity index (χ0) is 10.7. The van der Waals surface area contributed by atoms with E-state index < -0.39 is 0 Å². The first-order valence-electron chi connectivity index (χ1n) is 5.31. The van der Waals surface area contributed by atoms with Crippen molar-refractivity contribution in [3.8, 4) is 0 Å². The molecule has 0 unspecified atom stereocenters. The van der Waals surface area contributed by atoms with E-state index in [9.17, 15) is 4.79 Å². The lowest BCUT2D eigenvalue weighted by Crippen LogP contribution is -2.35. The zero-order valence-corrected chi connectivity index (χ0v) is 10.0. The Morgan fingerprint density at radius 1 is 1.40 bits per heavy atom. The molecule has 1 aliphatic rings. The summed E-state index contributed by atoms with van der Waals surface area (Å²) in [6, 6.07) is 2.12. The molecule has 0 saturated heterocycles. The number of hydrogen-bond donors (Lipinski definition) is 1. The first kappa shape index (κ1) is 11.0. The number of halogens is 1. The Labute approximate surface area is 98.6 Å². The van der Waals surface area contributed by atoms with Crippen molar-refractivity contribution >= 4 is 28.8 Å². The van der Waals surface area contributed by atoms with Crippen LogP contribution in [0, 0.1) is 0 Å². The smallest absolute Gasteiger partial charge is 0.263 e. The summed E-state index contributed by atoms with van der Waals surface area (Å²) in [5, 5.41) is 5.46. The third-order valence-electron chi connectivity index (χ3n) is 2.76. The van der Waals surface area contributed by atoms with Gasteiger partial charge in [-0.15, -0.1) is 11.3 Å². The van der Waals surface area contributed by atoms with Crippen LogP contribution in [0.2, 0.25) is 5.02 Å². The van der Waals surface area contributed by atoms with Crippen LogP contribution in [0.3, 0.4) is 0 Å². The molecule has 0 aliphatic heterocycles. The molecular weight excluding hydrogens is 230 g/mol. The summed E-state index contributed by atoms with van der Waals surface area (Å²) in [6.45, 7) is 0. The van der Waals surface area contributed by atoms with Gasteiger partial charge in [0.2, 0.25) is 0 Å². The van der Waals surface area contributed by atoms with Crippen molar-refractivity contribution in [2.24, 2.45) is 0 Å². The van der Waals surface area contributed by atoms with E-state index in [-0.39, 0.29) is 5.91 Å². The van der Waals surface area contributed by atoms with Gasteiger partial charge in [0, 0.05) is 6.04 Å². The second kappa shape index (κ2) is 4.99. The number of carbonyl (C=O) groups is 1. The van der Waals surface area contributed by atoms with Crippen molar-refractivity contribution in [1.82, 2.24) is 5.32 Å². The molecule has 0 atom stereocenters. The lowest BCUT2D eigenvalue weighted by Gasteiger charge is -2.22. The highest BCUT2D eigenvalue weighted by atomic mass is 35.5. The molecule has 0 spiro atoms. The van der Waals surface area contributed by atoms with Gasteiger partial charge in [-0.3, -0.25) is 4.79 Å². The van der Waals surface area contributed by atoms with Gasteiger partial charge in [0.25, 0.3) is 5.91 Å². The lowest BCUT2D eigenvalue weighted by atomic mass is 9.95. The first-order valence-corrected chi connectivity index (χ1v) is 6.57. The Balaban J connectivity index is 1.94. The van der Waals surface area contributed by atoms with Gasteiger partial charge in [-0.2, -0.15) is 0 Å². The Hall–Kier alpha value is -0.540. The molecule has 0 radical (unpaired) electrons. The van der Waals surface area contributed by atoms with Crippen molar-refractivity contribution in [2.45, 2.75) is 38.1 Å². The molecule has 1 aliphatic carbocycles. The van der Waals surface area contributed by atoms with Crippen LogP contribution in [-0.4, -0.2) is 11.9 Å². The van der Waals surface area contributed by atoms with Crippen molar-refractivity contribution in [1.29, 1.82) is 0 Å². The highest BCUT2D eigenvalue weighted by Gasteiger charge is 2.18. The van der Waals surface area contributed by atoms with Crippen LogP contribution in [-0.2, 0) is 0 Å². The van der Waals surface area contributed by atoms with Gasteiger partial charge in [-0.25, -0.2) is 0 Å². The number of rotatable bonds is 2. The van der Waals surface area contributed by atoms with Gasteiger partial charge in [0.05, 0.1) is 5.02 Å². The summed E-state index contributed by atoms with van der Waals surface area (Å²) in [5.41, 5.74) is 0. The van der Waals surface area contributed by atoms with E-state index in [1.54, 1.807) is 6.07 Å². The fourth-order valence-corrected chi connectivity index (χ4v) is 3.00. The molecular formula is C11H14ClNOS. The van der Waals surface area contributed by atoms with Crippen LogP contribution in [0.4, 0.5) is 0 Å². The Kier molecular flexibility index (Phi) is 3.65. The average Bonchev–Trinajstić information content (AvgIpc) is 2.66. The molecule has 2 nitrogen and oxygen atoms in total. The number of nitrogens with one attached hydrogen (secondary N) is 1. The van der Waals surface area contributed by atoms with Crippen LogP contribution in [0.25, 0.3) is 0 Å². The number of carbonyl (C=O) groups excluding carboxylic acids is 1. The van der Waals surface area contributed by atoms with E-state index in [4.69, 9.17) is 11.6 Å². The second-order valence-electron chi connectivity index (χ2n) is 3.91. The van der Waals surface area contributed by atoms with E-state index in [2.05, 4.69) is 5.32 Å². The molecule has 1 aromatic rings. The quantitative estimate of drug-likeness (QED) is 0.847. The first-order chi connectivity index (χ1) is 7.27. The molecule has 0 bridgehead atoms. The maximum absolute atomic E-state index is 11.8. The van der Waals surface area contributed by atoms with Crippen LogP contribution in [0.1, 0.15) is 41.8 Å². The molecule has 1 fully saturated rings. The highest BCUT2D eigenvalue weighted by molar-refractivity contribution is 7.12. The topological polar surface area (TPSA) is 29.1 Å². The highest BCUT2D eigenvalue weighted by Crippen LogP contribution is 2.23. The van der Waals surface area contributed by atoms with Crippen LogP contribution in [0.5, 0.6) is 0 Å². The monoisotopic (exact) mass is 243 g/mol. The van der Waals surface area contributed by atoms with Gasteiger partial charge in [0.15, 0.2) is 0 Å². The van der Waals surface area contributed by atoms with E-state index >= 15 is 0 Å². The lowest BCUT2D eigenvalue weighted by molar-refractivity contribution is 0.0932. The van der Waals surface area contributed by atoms with Crippen molar-refractivity contribution in [2.75, 3.05) is 0 Å². The molecule has 0 aromatic carbocycles.